The summed E-state index contributed by atoms with van der Waals surface area (Å²) in [6.45, 7) is 0.754. The van der Waals surface area contributed by atoms with Gasteiger partial charge in [-0.3, -0.25) is 9.59 Å². The van der Waals surface area contributed by atoms with Gasteiger partial charge in [-0.2, -0.15) is 0 Å². The molecule has 2 amide bonds. The van der Waals surface area contributed by atoms with E-state index >= 15 is 0 Å². The van der Waals surface area contributed by atoms with E-state index in [1.54, 1.807) is 41.4 Å². The number of thiophene rings is 1. The lowest BCUT2D eigenvalue weighted by atomic mass is 10.2. The van der Waals surface area contributed by atoms with Crippen LogP contribution in [0.5, 0.6) is 11.6 Å². The Hall–Kier alpha value is -3.26. The number of likely N-dealkylation sites (tertiary alicyclic amines) is 1. The molecule has 4 rings (SSSR count). The molecule has 1 aromatic carbocycles. The van der Waals surface area contributed by atoms with Crippen molar-refractivity contribution in [2.24, 2.45) is 0 Å². The van der Waals surface area contributed by atoms with Gasteiger partial charge >= 0.3 is 0 Å². The lowest BCUT2D eigenvalue weighted by Gasteiger charge is -2.23. The number of benzene rings is 1. The second-order valence-electron chi connectivity index (χ2n) is 6.88. The highest BCUT2D eigenvalue weighted by Crippen LogP contribution is 2.25. The zero-order chi connectivity index (χ0) is 20.9. The second-order valence-corrected chi connectivity index (χ2v) is 7.83. The number of amides is 2. The molecule has 0 saturated carbocycles. The highest BCUT2D eigenvalue weighted by Gasteiger charge is 2.34. The molecule has 2 aromatic heterocycles. The molecule has 1 N–H and O–H groups in total. The number of halogens is 1. The van der Waals surface area contributed by atoms with Crippen molar-refractivity contribution in [2.75, 3.05) is 6.54 Å². The Morgan fingerprint density at radius 3 is 2.93 bits per heavy atom. The van der Waals surface area contributed by atoms with Gasteiger partial charge in [0.1, 0.15) is 17.6 Å². The van der Waals surface area contributed by atoms with Crippen LogP contribution in [-0.4, -0.2) is 34.3 Å². The van der Waals surface area contributed by atoms with Crippen LogP contribution in [0.3, 0.4) is 0 Å². The van der Waals surface area contributed by atoms with E-state index in [1.165, 1.54) is 23.5 Å². The number of hydrogen-bond donors (Lipinski definition) is 1. The standard InChI is InChI=1S/C22H20FN3O3S/c23-16-6-1-7-17(13-16)29-21-15(5-2-10-24-21)14-25-20(27)18-8-3-11-26(18)22(28)19-9-4-12-30-19/h1-2,4-7,9-10,12-13,18H,3,8,11,14H2,(H,25,27)/t18-/m0/s1. The Morgan fingerprint density at radius 2 is 2.13 bits per heavy atom. The van der Waals surface area contributed by atoms with E-state index in [1.807, 2.05) is 11.4 Å². The zero-order valence-corrected chi connectivity index (χ0v) is 16.9. The first kappa shape index (κ1) is 20.0. The van der Waals surface area contributed by atoms with Crippen LogP contribution in [0.15, 0.2) is 60.1 Å². The fraction of sp³-hybridized carbons (Fsp3) is 0.227. The van der Waals surface area contributed by atoms with Gasteiger partial charge in [-0.1, -0.05) is 18.2 Å². The molecule has 0 unspecified atom stereocenters. The Bertz CT molecular complexity index is 1040. The lowest BCUT2D eigenvalue weighted by Crippen LogP contribution is -2.45. The van der Waals surface area contributed by atoms with Crippen molar-refractivity contribution >= 4 is 23.2 Å². The van der Waals surface area contributed by atoms with Crippen LogP contribution >= 0.6 is 11.3 Å². The van der Waals surface area contributed by atoms with E-state index in [0.717, 1.165) is 6.42 Å². The van der Waals surface area contributed by atoms with E-state index in [9.17, 15) is 14.0 Å². The topological polar surface area (TPSA) is 71.5 Å². The summed E-state index contributed by atoms with van der Waals surface area (Å²) in [5.74, 6) is -0.113. The van der Waals surface area contributed by atoms with Crippen LogP contribution in [0.4, 0.5) is 4.39 Å². The van der Waals surface area contributed by atoms with Crippen molar-refractivity contribution in [1.82, 2.24) is 15.2 Å². The van der Waals surface area contributed by atoms with Crippen molar-refractivity contribution < 1.29 is 18.7 Å². The van der Waals surface area contributed by atoms with Gasteiger partial charge in [0.25, 0.3) is 5.91 Å². The summed E-state index contributed by atoms with van der Waals surface area (Å²) >= 11 is 1.37. The fourth-order valence-corrected chi connectivity index (χ4v) is 4.10. The highest BCUT2D eigenvalue weighted by molar-refractivity contribution is 7.12. The predicted octanol–water partition coefficient (Wildman–Crippen LogP) is 4.00. The molecule has 6 nitrogen and oxygen atoms in total. The van der Waals surface area contributed by atoms with Gasteiger partial charge in [-0.05, 0) is 42.5 Å². The smallest absolute Gasteiger partial charge is 0.264 e. The zero-order valence-electron chi connectivity index (χ0n) is 16.1. The number of pyridine rings is 1. The molecule has 1 atom stereocenters. The van der Waals surface area contributed by atoms with Crippen molar-refractivity contribution in [1.29, 1.82) is 0 Å². The molecule has 154 valence electrons. The molecule has 0 aliphatic carbocycles. The fourth-order valence-electron chi connectivity index (χ4n) is 3.42. The number of carbonyl (C=O) groups excluding carboxylic acids is 2. The minimum Gasteiger partial charge on any atom is -0.439 e. The van der Waals surface area contributed by atoms with Crippen LogP contribution in [0.25, 0.3) is 0 Å². The van der Waals surface area contributed by atoms with Gasteiger partial charge in [0.05, 0.1) is 4.88 Å². The first-order valence-electron chi connectivity index (χ1n) is 9.61. The molecule has 0 bridgehead atoms. The van der Waals surface area contributed by atoms with E-state index in [0.29, 0.717) is 35.0 Å². The molecular formula is C22H20FN3O3S. The van der Waals surface area contributed by atoms with Crippen molar-refractivity contribution in [3.63, 3.8) is 0 Å². The van der Waals surface area contributed by atoms with Gasteiger partial charge in [-0.15, -0.1) is 11.3 Å². The summed E-state index contributed by atoms with van der Waals surface area (Å²) in [6, 6.07) is 12.4. The third-order valence-electron chi connectivity index (χ3n) is 4.86. The number of nitrogens with zero attached hydrogens (tertiary/aromatic N) is 2. The first-order chi connectivity index (χ1) is 14.6. The minimum absolute atomic E-state index is 0.112. The average molecular weight is 425 g/mol. The molecule has 1 aliphatic rings. The summed E-state index contributed by atoms with van der Waals surface area (Å²) < 4.78 is 19.1. The van der Waals surface area contributed by atoms with Gasteiger partial charge in [0, 0.05) is 30.9 Å². The maximum absolute atomic E-state index is 13.4. The third-order valence-corrected chi connectivity index (χ3v) is 5.72. The summed E-state index contributed by atoms with van der Waals surface area (Å²) in [7, 11) is 0. The predicted molar refractivity (Wildman–Crippen MR) is 111 cm³/mol. The van der Waals surface area contributed by atoms with Crippen molar-refractivity contribution in [3.8, 4) is 11.6 Å². The molecular weight excluding hydrogens is 405 g/mol. The number of aromatic nitrogens is 1. The molecule has 30 heavy (non-hydrogen) atoms. The van der Waals surface area contributed by atoms with Gasteiger partial charge in [-0.25, -0.2) is 9.37 Å². The van der Waals surface area contributed by atoms with Gasteiger partial charge in [0.15, 0.2) is 0 Å². The average Bonchev–Trinajstić information content (AvgIpc) is 3.45. The quantitative estimate of drug-likeness (QED) is 0.648. The summed E-state index contributed by atoms with van der Waals surface area (Å²) in [5, 5.41) is 4.73. The van der Waals surface area contributed by atoms with Crippen LogP contribution in [0.2, 0.25) is 0 Å². The Balaban J connectivity index is 1.42. The normalized spacial score (nSPS) is 15.8. The first-order valence-corrected chi connectivity index (χ1v) is 10.5. The van der Waals surface area contributed by atoms with E-state index in [4.69, 9.17) is 4.74 Å². The second kappa shape index (κ2) is 9.04. The highest BCUT2D eigenvalue weighted by atomic mass is 32.1. The van der Waals surface area contributed by atoms with E-state index < -0.39 is 11.9 Å². The van der Waals surface area contributed by atoms with Crippen LogP contribution in [0, 0.1) is 5.82 Å². The monoisotopic (exact) mass is 425 g/mol. The lowest BCUT2D eigenvalue weighted by molar-refractivity contribution is -0.125. The molecule has 1 saturated heterocycles. The maximum Gasteiger partial charge on any atom is 0.264 e. The molecule has 0 spiro atoms. The number of nitrogens with one attached hydrogen (secondary N) is 1. The molecule has 8 heteroatoms. The summed E-state index contributed by atoms with van der Waals surface area (Å²) in [4.78, 5) is 31.9. The van der Waals surface area contributed by atoms with Gasteiger partial charge < -0.3 is 15.0 Å². The Morgan fingerprint density at radius 1 is 1.23 bits per heavy atom. The third kappa shape index (κ3) is 4.49. The summed E-state index contributed by atoms with van der Waals surface area (Å²) in [6.07, 6.45) is 2.98. The molecule has 3 heterocycles. The Kier molecular flexibility index (Phi) is 6.04. The molecule has 3 aromatic rings. The minimum atomic E-state index is -0.496. The molecule has 1 fully saturated rings. The number of rotatable bonds is 6. The van der Waals surface area contributed by atoms with Crippen LogP contribution in [-0.2, 0) is 11.3 Å². The van der Waals surface area contributed by atoms with Gasteiger partial charge in [0.2, 0.25) is 11.8 Å². The Labute approximate surface area is 177 Å². The number of hydrogen-bond acceptors (Lipinski definition) is 5. The maximum atomic E-state index is 13.4. The van der Waals surface area contributed by atoms with Crippen molar-refractivity contribution in [2.45, 2.75) is 25.4 Å². The molecule has 0 radical (unpaired) electrons. The number of ether oxygens (including phenoxy) is 1. The molecule has 1 aliphatic heterocycles. The number of carbonyl (C=O) groups is 2. The van der Waals surface area contributed by atoms with E-state index in [-0.39, 0.29) is 18.4 Å². The van der Waals surface area contributed by atoms with Crippen LogP contribution in [0.1, 0.15) is 28.1 Å². The van der Waals surface area contributed by atoms with Crippen LogP contribution < -0.4 is 10.1 Å². The largest absolute Gasteiger partial charge is 0.439 e. The van der Waals surface area contributed by atoms with Crippen molar-refractivity contribution in [3.05, 3.63) is 76.4 Å². The SMILES string of the molecule is O=C(NCc1cccnc1Oc1cccc(F)c1)[C@@H]1CCCN1C(=O)c1cccs1. The van der Waals surface area contributed by atoms with E-state index in [2.05, 4.69) is 10.3 Å². The summed E-state index contributed by atoms with van der Waals surface area (Å²) in [5.41, 5.74) is 0.657.